The summed E-state index contributed by atoms with van der Waals surface area (Å²) in [5.74, 6) is 0.992. The standard InChI is InChI=1S/C23H28N4OS/c1-13-6-7-15-8-9-24-20(18(15)10-13)26-17-11-16(12-17)21(28)27-22-25-14(2)19(29-22)23(3,4)5/h6-10,16-17H,11-12H2,1-5H3,(H,24,26)(H,25,27,28). The summed E-state index contributed by atoms with van der Waals surface area (Å²) in [5.41, 5.74) is 2.26. The Morgan fingerprint density at radius 3 is 2.62 bits per heavy atom. The molecule has 1 aromatic carbocycles. The summed E-state index contributed by atoms with van der Waals surface area (Å²) < 4.78 is 0. The minimum atomic E-state index is 0.0199. The van der Waals surface area contributed by atoms with Gasteiger partial charge in [0.15, 0.2) is 5.13 Å². The zero-order valence-electron chi connectivity index (χ0n) is 17.7. The molecular formula is C23H28N4OS. The van der Waals surface area contributed by atoms with Gasteiger partial charge >= 0.3 is 0 Å². The lowest BCUT2D eigenvalue weighted by molar-refractivity contribution is -0.122. The van der Waals surface area contributed by atoms with Gasteiger partial charge in [-0.2, -0.15) is 0 Å². The molecule has 5 nitrogen and oxygen atoms in total. The molecular weight excluding hydrogens is 380 g/mol. The van der Waals surface area contributed by atoms with Crippen molar-refractivity contribution in [3.63, 3.8) is 0 Å². The van der Waals surface area contributed by atoms with E-state index in [1.807, 2.05) is 19.2 Å². The summed E-state index contributed by atoms with van der Waals surface area (Å²) in [5, 5.41) is 9.57. The quantitative estimate of drug-likeness (QED) is 0.604. The van der Waals surface area contributed by atoms with Gasteiger partial charge in [-0.3, -0.25) is 4.79 Å². The van der Waals surface area contributed by atoms with Crippen LogP contribution in [0.4, 0.5) is 10.9 Å². The zero-order chi connectivity index (χ0) is 20.8. The third kappa shape index (κ3) is 4.13. The molecule has 29 heavy (non-hydrogen) atoms. The molecule has 0 radical (unpaired) electrons. The second kappa shape index (κ2) is 7.41. The van der Waals surface area contributed by atoms with Crippen LogP contribution in [0.25, 0.3) is 10.8 Å². The van der Waals surface area contributed by atoms with Gasteiger partial charge in [-0.15, -0.1) is 11.3 Å². The summed E-state index contributed by atoms with van der Waals surface area (Å²) in [4.78, 5) is 22.9. The third-order valence-corrected chi connectivity index (χ3v) is 6.98. The zero-order valence-corrected chi connectivity index (χ0v) is 18.5. The fraction of sp³-hybridized carbons (Fsp3) is 0.435. The largest absolute Gasteiger partial charge is 0.367 e. The fourth-order valence-electron chi connectivity index (χ4n) is 3.89. The molecule has 1 amide bonds. The first-order chi connectivity index (χ1) is 13.7. The molecule has 1 fully saturated rings. The van der Waals surface area contributed by atoms with E-state index in [4.69, 9.17) is 0 Å². The molecule has 0 spiro atoms. The van der Waals surface area contributed by atoms with Crippen molar-refractivity contribution >= 4 is 39.0 Å². The normalized spacial score (nSPS) is 19.1. The molecule has 152 valence electrons. The summed E-state index contributed by atoms with van der Waals surface area (Å²) >= 11 is 1.58. The Kier molecular flexibility index (Phi) is 5.07. The van der Waals surface area contributed by atoms with E-state index in [1.54, 1.807) is 11.3 Å². The van der Waals surface area contributed by atoms with Crippen molar-refractivity contribution in [1.29, 1.82) is 0 Å². The van der Waals surface area contributed by atoms with Gasteiger partial charge < -0.3 is 10.6 Å². The number of thiazole rings is 1. The molecule has 1 saturated carbocycles. The van der Waals surface area contributed by atoms with E-state index < -0.39 is 0 Å². The van der Waals surface area contributed by atoms with Crippen molar-refractivity contribution < 1.29 is 4.79 Å². The highest BCUT2D eigenvalue weighted by Gasteiger charge is 2.35. The van der Waals surface area contributed by atoms with Crippen LogP contribution in [0.2, 0.25) is 0 Å². The third-order valence-electron chi connectivity index (χ3n) is 5.48. The highest BCUT2D eigenvalue weighted by Crippen LogP contribution is 2.36. The summed E-state index contributed by atoms with van der Waals surface area (Å²) in [6.07, 6.45) is 3.46. The molecule has 0 saturated heterocycles. The molecule has 0 aliphatic heterocycles. The number of pyridine rings is 1. The number of aromatic nitrogens is 2. The van der Waals surface area contributed by atoms with E-state index in [0.717, 1.165) is 29.7 Å². The number of nitrogens with one attached hydrogen (secondary N) is 2. The highest BCUT2D eigenvalue weighted by molar-refractivity contribution is 7.16. The van der Waals surface area contributed by atoms with E-state index in [0.29, 0.717) is 5.13 Å². The Morgan fingerprint density at radius 1 is 1.17 bits per heavy atom. The van der Waals surface area contributed by atoms with Crippen LogP contribution in [0, 0.1) is 19.8 Å². The number of fused-ring (bicyclic) bond motifs is 1. The van der Waals surface area contributed by atoms with Crippen LogP contribution in [0.3, 0.4) is 0 Å². The molecule has 0 atom stereocenters. The second-order valence-corrected chi connectivity index (χ2v) is 10.1. The van der Waals surface area contributed by atoms with Crippen molar-refractivity contribution in [2.45, 2.75) is 58.9 Å². The van der Waals surface area contributed by atoms with Crippen LogP contribution in [-0.4, -0.2) is 21.9 Å². The lowest BCUT2D eigenvalue weighted by Gasteiger charge is -2.35. The number of hydrogen-bond acceptors (Lipinski definition) is 5. The molecule has 2 heterocycles. The highest BCUT2D eigenvalue weighted by atomic mass is 32.1. The number of carbonyl (C=O) groups excluding carboxylic acids is 1. The van der Waals surface area contributed by atoms with E-state index in [9.17, 15) is 4.79 Å². The number of rotatable bonds is 4. The summed E-state index contributed by atoms with van der Waals surface area (Å²) in [6.45, 7) is 10.6. The van der Waals surface area contributed by atoms with Crippen LogP contribution in [-0.2, 0) is 10.2 Å². The molecule has 1 aliphatic rings. The molecule has 0 bridgehead atoms. The predicted octanol–water partition coefficient (Wildman–Crippen LogP) is 5.43. The van der Waals surface area contributed by atoms with E-state index >= 15 is 0 Å². The summed E-state index contributed by atoms with van der Waals surface area (Å²) in [6, 6.07) is 8.69. The van der Waals surface area contributed by atoms with Gasteiger partial charge in [-0.1, -0.05) is 38.5 Å². The topological polar surface area (TPSA) is 66.9 Å². The smallest absolute Gasteiger partial charge is 0.229 e. The van der Waals surface area contributed by atoms with Crippen molar-refractivity contribution in [2.75, 3.05) is 10.6 Å². The number of anilines is 2. The molecule has 6 heteroatoms. The van der Waals surface area contributed by atoms with Gasteiger partial charge in [0.2, 0.25) is 5.91 Å². The van der Waals surface area contributed by atoms with Gasteiger partial charge in [-0.05, 0) is 49.6 Å². The van der Waals surface area contributed by atoms with Crippen molar-refractivity contribution in [1.82, 2.24) is 9.97 Å². The van der Waals surface area contributed by atoms with Crippen LogP contribution in [0.1, 0.15) is 49.7 Å². The van der Waals surface area contributed by atoms with Gasteiger partial charge in [0.05, 0.1) is 5.69 Å². The average Bonchev–Trinajstić information content (AvgIpc) is 2.98. The lowest BCUT2D eigenvalue weighted by Crippen LogP contribution is -2.42. The minimum Gasteiger partial charge on any atom is -0.367 e. The monoisotopic (exact) mass is 408 g/mol. The second-order valence-electron chi connectivity index (χ2n) is 9.07. The molecule has 2 N–H and O–H groups in total. The Morgan fingerprint density at radius 2 is 1.93 bits per heavy atom. The molecule has 0 unspecified atom stereocenters. The van der Waals surface area contributed by atoms with Crippen LogP contribution >= 0.6 is 11.3 Å². The molecule has 4 rings (SSSR count). The molecule has 1 aliphatic carbocycles. The van der Waals surface area contributed by atoms with E-state index in [1.165, 1.54) is 15.8 Å². The van der Waals surface area contributed by atoms with Crippen LogP contribution < -0.4 is 10.6 Å². The van der Waals surface area contributed by atoms with Gasteiger partial charge in [-0.25, -0.2) is 9.97 Å². The van der Waals surface area contributed by atoms with Crippen LogP contribution in [0.5, 0.6) is 0 Å². The number of benzene rings is 1. The number of carbonyl (C=O) groups is 1. The number of nitrogens with zero attached hydrogens (tertiary/aromatic N) is 2. The number of aryl methyl sites for hydroxylation is 2. The maximum absolute atomic E-state index is 12.6. The lowest BCUT2D eigenvalue weighted by atomic mass is 9.79. The number of amides is 1. The molecule has 2 aromatic heterocycles. The summed E-state index contributed by atoms with van der Waals surface area (Å²) in [7, 11) is 0. The van der Waals surface area contributed by atoms with E-state index in [-0.39, 0.29) is 23.3 Å². The Labute approximate surface area is 176 Å². The van der Waals surface area contributed by atoms with Gasteiger partial charge in [0.25, 0.3) is 0 Å². The van der Waals surface area contributed by atoms with Gasteiger partial charge in [0, 0.05) is 28.4 Å². The number of hydrogen-bond donors (Lipinski definition) is 2. The van der Waals surface area contributed by atoms with Gasteiger partial charge in [0.1, 0.15) is 5.82 Å². The first kappa shape index (κ1) is 19.8. The fourth-order valence-corrected chi connectivity index (χ4v) is 4.92. The van der Waals surface area contributed by atoms with Crippen molar-refractivity contribution in [3.05, 3.63) is 46.6 Å². The Hall–Kier alpha value is -2.47. The maximum Gasteiger partial charge on any atom is 0.229 e. The Bertz CT molecular complexity index is 1060. The van der Waals surface area contributed by atoms with Crippen molar-refractivity contribution in [3.8, 4) is 0 Å². The van der Waals surface area contributed by atoms with Crippen molar-refractivity contribution in [2.24, 2.45) is 5.92 Å². The average molecular weight is 409 g/mol. The maximum atomic E-state index is 12.6. The predicted molar refractivity (Wildman–Crippen MR) is 121 cm³/mol. The van der Waals surface area contributed by atoms with E-state index in [2.05, 4.69) is 66.5 Å². The SMILES string of the molecule is Cc1ccc2ccnc(NC3CC(C(=O)Nc4nc(C)c(C(C)(C)C)s4)C3)c2c1. The first-order valence-corrected chi connectivity index (χ1v) is 10.9. The Balaban J connectivity index is 1.37. The minimum absolute atomic E-state index is 0.0199. The van der Waals surface area contributed by atoms with Crippen LogP contribution in [0.15, 0.2) is 30.5 Å². The first-order valence-electron chi connectivity index (χ1n) is 10.1. The molecule has 3 aromatic rings.